The van der Waals surface area contributed by atoms with Gasteiger partial charge in [0.1, 0.15) is 0 Å². The highest BCUT2D eigenvalue weighted by atomic mass is 16.7. The van der Waals surface area contributed by atoms with Gasteiger partial charge < -0.3 is 36.3 Å². The number of nitrogens with zero attached hydrogens (tertiary/aromatic N) is 1. The first kappa shape index (κ1) is 45.9. The number of nitrogens with one attached hydrogen (secondary N) is 3. The van der Waals surface area contributed by atoms with E-state index < -0.39 is 6.29 Å². The molecule has 0 radical (unpaired) electrons. The number of benzene rings is 4. The van der Waals surface area contributed by atoms with Crippen molar-refractivity contribution in [2.45, 2.75) is 147 Å². The average molecular weight is 858 g/mol. The summed E-state index contributed by atoms with van der Waals surface area (Å²) in [6.45, 7) is 7.20. The number of carbonyl (C=O) groups excluding carboxylic acids is 3. The number of para-hydroxylation sites is 2. The molecule has 2 aliphatic heterocycles. The number of piperidine rings is 1. The molecule has 3 aliphatic rings. The molecular formula is C52H67N5O6. The third-order valence-electron chi connectivity index (χ3n) is 12.8. The van der Waals surface area contributed by atoms with Crippen LogP contribution in [-0.4, -0.2) is 58.0 Å². The quantitative estimate of drug-likeness (QED) is 0.0552. The van der Waals surface area contributed by atoms with Gasteiger partial charge in [0.25, 0.3) is 0 Å². The van der Waals surface area contributed by atoms with Crippen molar-refractivity contribution in [1.82, 2.24) is 15.5 Å². The Morgan fingerprint density at radius 2 is 1.49 bits per heavy atom. The van der Waals surface area contributed by atoms with Crippen LogP contribution in [-0.2, 0) is 37.0 Å². The number of hydrogen-bond acceptors (Lipinski definition) is 8. The third-order valence-corrected chi connectivity index (χ3v) is 12.8. The number of aliphatic hydroxyl groups is 1. The predicted octanol–water partition coefficient (Wildman–Crippen LogP) is 9.12. The van der Waals surface area contributed by atoms with Crippen molar-refractivity contribution < 1.29 is 29.0 Å². The Hall–Kier alpha value is -5.07. The summed E-state index contributed by atoms with van der Waals surface area (Å²) in [6, 6.07) is 31.9. The van der Waals surface area contributed by atoms with Crippen LogP contribution in [0.3, 0.4) is 0 Å². The number of aliphatic hydroxyl groups excluding tert-OH is 1. The van der Waals surface area contributed by atoms with Crippen LogP contribution in [0.1, 0.15) is 132 Å². The molecule has 0 spiro atoms. The highest BCUT2D eigenvalue weighted by molar-refractivity contribution is 5.93. The van der Waals surface area contributed by atoms with Gasteiger partial charge in [-0.25, -0.2) is 0 Å². The van der Waals surface area contributed by atoms with Crippen molar-refractivity contribution in [3.8, 4) is 11.1 Å². The zero-order chi connectivity index (χ0) is 44.3. The number of anilines is 2. The van der Waals surface area contributed by atoms with Crippen molar-refractivity contribution in [2.75, 3.05) is 17.6 Å². The van der Waals surface area contributed by atoms with Gasteiger partial charge in [-0.05, 0) is 111 Å². The Balaban J connectivity index is 0.972. The summed E-state index contributed by atoms with van der Waals surface area (Å²) < 4.78 is 13.6. The van der Waals surface area contributed by atoms with Crippen LogP contribution in [0.4, 0.5) is 11.4 Å². The molecule has 6 N–H and O–H groups in total. The summed E-state index contributed by atoms with van der Waals surface area (Å²) in [5.41, 5.74) is 12.7. The van der Waals surface area contributed by atoms with Crippen LogP contribution >= 0.6 is 0 Å². The molecule has 336 valence electrons. The molecule has 11 heteroatoms. The molecular weight excluding hydrogens is 791 g/mol. The molecule has 63 heavy (non-hydrogen) atoms. The Kier molecular flexibility index (Phi) is 15.7. The number of nitrogens with two attached hydrogens (primary N) is 1. The minimum Gasteiger partial charge on any atom is -0.397 e. The van der Waals surface area contributed by atoms with E-state index in [4.69, 9.17) is 15.2 Å². The number of fused-ring (bicyclic) bond motifs is 1. The Morgan fingerprint density at radius 3 is 2.24 bits per heavy atom. The van der Waals surface area contributed by atoms with E-state index in [2.05, 4.69) is 57.2 Å². The molecule has 7 rings (SSSR count). The van der Waals surface area contributed by atoms with Gasteiger partial charge in [-0.15, -0.1) is 0 Å². The number of carbonyl (C=O) groups is 3. The molecule has 2 heterocycles. The highest BCUT2D eigenvalue weighted by Gasteiger charge is 2.44. The van der Waals surface area contributed by atoms with Crippen molar-refractivity contribution in [3.05, 3.63) is 119 Å². The summed E-state index contributed by atoms with van der Waals surface area (Å²) in [7, 11) is 0. The topological polar surface area (TPSA) is 155 Å². The van der Waals surface area contributed by atoms with Crippen molar-refractivity contribution >= 4 is 29.1 Å². The maximum Gasteiger partial charge on any atom is 0.237 e. The Labute approximate surface area is 373 Å². The fourth-order valence-electron chi connectivity index (χ4n) is 9.55. The molecule has 3 fully saturated rings. The van der Waals surface area contributed by atoms with Crippen LogP contribution in [0.2, 0.25) is 0 Å². The van der Waals surface area contributed by atoms with Gasteiger partial charge in [0, 0.05) is 49.5 Å². The summed E-state index contributed by atoms with van der Waals surface area (Å²) in [6.07, 6.45) is 9.31. The Bertz CT molecular complexity index is 2140. The molecule has 11 nitrogen and oxygen atoms in total. The van der Waals surface area contributed by atoms with E-state index in [9.17, 15) is 19.5 Å². The van der Waals surface area contributed by atoms with E-state index in [1.54, 1.807) is 12.1 Å². The van der Waals surface area contributed by atoms with Crippen LogP contribution in [0.15, 0.2) is 97.1 Å². The summed E-state index contributed by atoms with van der Waals surface area (Å²) in [5, 5.41) is 18.9. The van der Waals surface area contributed by atoms with Crippen molar-refractivity contribution in [2.24, 2.45) is 5.92 Å². The van der Waals surface area contributed by atoms with Gasteiger partial charge in [-0.1, -0.05) is 98.1 Å². The monoisotopic (exact) mass is 858 g/mol. The molecule has 0 bridgehead atoms. The molecule has 4 aromatic carbocycles. The predicted molar refractivity (Wildman–Crippen MR) is 248 cm³/mol. The lowest BCUT2D eigenvalue weighted by Gasteiger charge is -2.50. The van der Waals surface area contributed by atoms with Gasteiger partial charge in [0.2, 0.25) is 17.7 Å². The summed E-state index contributed by atoms with van der Waals surface area (Å²) >= 11 is 0. The first-order chi connectivity index (χ1) is 30.4. The standard InChI is InChI=1S/C52H67N5O6/c1-52(2,3)56-50(61)46-29-28-38-13-7-10-17-45(38)57(46)33-42-31-47(39-22-20-35(34-58)21-23-39)63-51(62-42)40-26-24-37(25-27-40)41-14-11-12-36(30-41)32-54-48(59)18-5-4-6-19-49(60)55-44-16-9-8-15-43(44)53/h8-9,11-12,14-16,20-27,30,38,42,45-47,51,58H,4-7,10,13,17-19,28-29,31-34,53H2,1-3H3,(H,54,59)(H,55,60)(H,56,61)/t38-,42-,45-,46-,47+,51+/m1/s1. The molecule has 0 unspecified atom stereocenters. The van der Waals surface area contributed by atoms with Crippen LogP contribution < -0.4 is 21.7 Å². The largest absolute Gasteiger partial charge is 0.397 e. The Morgan fingerprint density at radius 1 is 0.762 bits per heavy atom. The molecule has 1 aliphatic carbocycles. The lowest BCUT2D eigenvalue weighted by atomic mass is 9.75. The first-order valence-electron chi connectivity index (χ1n) is 23.1. The number of hydrogen-bond donors (Lipinski definition) is 5. The summed E-state index contributed by atoms with van der Waals surface area (Å²) in [5.74, 6) is 0.614. The first-order valence-corrected chi connectivity index (χ1v) is 23.1. The molecule has 4 aromatic rings. The SMILES string of the molecule is CC(C)(C)NC(=O)[C@H]1CC[C@H]2CCCC[C@H]2N1C[C@H]1C[C@@H](c2ccc(CO)cc2)O[C@@H](c2ccc(-c3cccc(CNC(=O)CCCCCC(=O)Nc4ccccc4N)c3)cc2)O1. The van der Waals surface area contributed by atoms with Gasteiger partial charge in [0.15, 0.2) is 6.29 Å². The molecule has 1 saturated carbocycles. The molecule has 0 aromatic heterocycles. The van der Waals surface area contributed by atoms with E-state index in [-0.39, 0.29) is 48.1 Å². The second-order valence-electron chi connectivity index (χ2n) is 18.8. The van der Waals surface area contributed by atoms with Gasteiger partial charge in [-0.3, -0.25) is 19.3 Å². The fourth-order valence-corrected chi connectivity index (χ4v) is 9.55. The van der Waals surface area contributed by atoms with Gasteiger partial charge in [-0.2, -0.15) is 0 Å². The summed E-state index contributed by atoms with van der Waals surface area (Å²) in [4.78, 5) is 41.4. The van der Waals surface area contributed by atoms with Crippen molar-refractivity contribution in [1.29, 1.82) is 0 Å². The smallest absolute Gasteiger partial charge is 0.237 e. The normalized spacial score (nSPS) is 22.7. The molecule has 2 saturated heterocycles. The average Bonchev–Trinajstić information content (AvgIpc) is 3.28. The van der Waals surface area contributed by atoms with Crippen LogP contribution in [0, 0.1) is 5.92 Å². The van der Waals surface area contributed by atoms with E-state index in [0.717, 1.165) is 59.1 Å². The second-order valence-corrected chi connectivity index (χ2v) is 18.8. The number of nitrogen functional groups attached to an aromatic ring is 1. The minimum absolute atomic E-state index is 0.0118. The van der Waals surface area contributed by atoms with Gasteiger partial charge in [0.05, 0.1) is 36.2 Å². The number of unbranched alkanes of at least 4 members (excludes halogenated alkanes) is 2. The second kappa shape index (κ2) is 21.5. The molecule has 3 amide bonds. The maximum atomic E-state index is 13.9. The fraction of sp³-hybridized carbons (Fsp3) is 0.481. The van der Waals surface area contributed by atoms with E-state index >= 15 is 0 Å². The van der Waals surface area contributed by atoms with Gasteiger partial charge >= 0.3 is 0 Å². The van der Waals surface area contributed by atoms with Crippen LogP contribution in [0.5, 0.6) is 0 Å². The van der Waals surface area contributed by atoms with E-state index in [1.165, 1.54) is 19.3 Å². The molecule has 6 atom stereocenters. The number of amides is 3. The zero-order valence-electron chi connectivity index (χ0n) is 37.3. The van der Waals surface area contributed by atoms with Crippen LogP contribution in [0.25, 0.3) is 11.1 Å². The zero-order valence-corrected chi connectivity index (χ0v) is 37.3. The highest BCUT2D eigenvalue weighted by Crippen LogP contribution is 2.42. The minimum atomic E-state index is -0.610. The van der Waals surface area contributed by atoms with E-state index in [0.29, 0.717) is 68.5 Å². The van der Waals surface area contributed by atoms with Crippen molar-refractivity contribution in [3.63, 3.8) is 0 Å². The number of rotatable bonds is 16. The maximum absolute atomic E-state index is 13.9. The third kappa shape index (κ3) is 12.8. The lowest BCUT2D eigenvalue weighted by Crippen LogP contribution is -2.61. The lowest BCUT2D eigenvalue weighted by molar-refractivity contribution is -0.255. The number of likely N-dealkylation sites (tertiary alicyclic amines) is 1. The number of ether oxygens (including phenoxy) is 2. The van der Waals surface area contributed by atoms with E-state index in [1.807, 2.05) is 69.3 Å².